The van der Waals surface area contributed by atoms with Gasteiger partial charge in [0.25, 0.3) is 20.2 Å². The maximum Gasteiger partial charge on any atom is 1.00 e. The summed E-state index contributed by atoms with van der Waals surface area (Å²) < 4.78 is 73.5. The van der Waals surface area contributed by atoms with Crippen molar-refractivity contribution < 1.29 is 95.3 Å². The van der Waals surface area contributed by atoms with E-state index in [9.17, 15) is 36.2 Å². The van der Waals surface area contributed by atoms with Crippen LogP contribution in [0.25, 0.3) is 12.2 Å². The standard InChI is InChI=1S/C60H86N14O8S2.2Na/c1-17-73(18-2)29-27-61-51-67-53(71-55(69-51)65-41-31-43(57(5,6)7)49(75)44(32-41)58(8,9)10)63-39-25-23-37(47(35-39)83(77,78)79)21-22-38-24-26-40(36-48(38)84(80,81)82)64-54-68-52(62-28-30-74(19-3)20-4)70-56(72-54)66-42-33-45(59(11,12)13)50(76)46(34-42)60(14,15)16;;/h21-26,31-36,75-76H,17-20,27-30H2,1-16H3,(H,77,78,79)(H,80,81,82)(H3,61,63,65,67,69,71)(H3,62,64,66,68,70,72);;/q;2*+1/p-2/b22-21+;;. The van der Waals surface area contributed by atoms with Crippen LogP contribution in [0, 0.1) is 0 Å². The van der Waals surface area contributed by atoms with E-state index in [1.54, 1.807) is 24.3 Å². The van der Waals surface area contributed by atoms with E-state index in [-0.39, 0.29) is 116 Å². The number of benzene rings is 4. The molecule has 2 heterocycles. The second kappa shape index (κ2) is 29.9. The topological polar surface area (TPSA) is 330 Å². The summed E-state index contributed by atoms with van der Waals surface area (Å²) in [7, 11) is -9.88. The Morgan fingerprint density at radius 3 is 0.930 bits per heavy atom. The number of hydrogen-bond donors (Lipinski definition) is 8. The van der Waals surface area contributed by atoms with Crippen LogP contribution >= 0.6 is 0 Å². The minimum Gasteiger partial charge on any atom is -0.872 e. The third-order valence-electron chi connectivity index (χ3n) is 13.9. The smallest absolute Gasteiger partial charge is 0.872 e. The zero-order chi connectivity index (χ0) is 62.3. The van der Waals surface area contributed by atoms with Crippen LogP contribution in [0.1, 0.15) is 144 Å². The van der Waals surface area contributed by atoms with Crippen molar-refractivity contribution in [3.05, 3.63) is 128 Å². The Labute approximate surface area is 549 Å². The van der Waals surface area contributed by atoms with E-state index < -0.39 is 51.7 Å². The maximum atomic E-state index is 13.7. The molecule has 0 fully saturated rings. The van der Waals surface area contributed by atoms with Crippen LogP contribution in [0.2, 0.25) is 0 Å². The van der Waals surface area contributed by atoms with Crippen molar-refractivity contribution in [1.82, 2.24) is 39.7 Å². The van der Waals surface area contributed by atoms with Gasteiger partial charge in [0.15, 0.2) is 0 Å². The van der Waals surface area contributed by atoms with Gasteiger partial charge >= 0.3 is 59.1 Å². The number of hydrogen-bond acceptors (Lipinski definition) is 14. The summed E-state index contributed by atoms with van der Waals surface area (Å²) in [5.41, 5.74) is 2.73. The van der Waals surface area contributed by atoms with Gasteiger partial charge in [-0.25, -0.2) is 20.0 Å². The maximum absolute atomic E-state index is 13.7. The number of H-pyrrole nitrogens is 6. The Hall–Kier alpha value is -5.22. The fourth-order valence-electron chi connectivity index (χ4n) is 9.12. The molecule has 0 aliphatic heterocycles. The second-order valence-electron chi connectivity index (χ2n) is 24.6. The Morgan fingerprint density at radius 1 is 0.430 bits per heavy atom. The monoisotopic (exact) mass is 1240 g/mol. The summed E-state index contributed by atoms with van der Waals surface area (Å²) in [5.74, 6) is -0.104. The van der Waals surface area contributed by atoms with Gasteiger partial charge in [-0.2, -0.15) is 16.8 Å². The van der Waals surface area contributed by atoms with E-state index >= 15 is 0 Å². The van der Waals surface area contributed by atoms with Crippen LogP contribution < -0.4 is 103 Å². The van der Waals surface area contributed by atoms with E-state index in [1.165, 1.54) is 36.4 Å². The number of rotatable bonds is 18. The van der Waals surface area contributed by atoms with Crippen molar-refractivity contribution in [2.45, 2.75) is 142 Å². The first kappa shape index (κ1) is 73.3. The molecule has 26 heteroatoms. The summed E-state index contributed by atoms with van der Waals surface area (Å²) in [6.07, 6.45) is 2.56. The van der Waals surface area contributed by atoms with Crippen molar-refractivity contribution in [1.29, 1.82) is 0 Å². The summed E-state index contributed by atoms with van der Waals surface area (Å²) in [4.78, 5) is 50.6. The van der Waals surface area contributed by atoms with E-state index in [0.717, 1.165) is 38.3 Å². The number of aromatic nitrogens is 6. The molecule has 0 atom stereocenters. The molecule has 0 spiro atoms. The molecule has 86 heavy (non-hydrogen) atoms. The van der Waals surface area contributed by atoms with Gasteiger partial charge in [0, 0.05) is 13.1 Å². The molecule has 0 unspecified atom stereocenters. The van der Waals surface area contributed by atoms with Crippen molar-refractivity contribution >= 4 is 55.1 Å². The van der Waals surface area contributed by atoms with Crippen LogP contribution in [0.15, 0.2) is 100 Å². The van der Waals surface area contributed by atoms with Crippen molar-refractivity contribution in [3.8, 4) is 11.5 Å². The van der Waals surface area contributed by atoms with Gasteiger partial charge < -0.3 is 20.0 Å². The van der Waals surface area contributed by atoms with Gasteiger partial charge in [-0.3, -0.25) is 49.0 Å². The predicted molar refractivity (Wildman–Crippen MR) is 324 cm³/mol. The first-order chi connectivity index (χ1) is 39.0. The van der Waals surface area contributed by atoms with Crippen molar-refractivity contribution in [2.75, 3.05) is 52.4 Å². The van der Waals surface area contributed by atoms with E-state index in [1.807, 2.05) is 83.1 Å². The van der Waals surface area contributed by atoms with Crippen LogP contribution in [-0.2, 0) is 41.9 Å². The third kappa shape index (κ3) is 20.2. The van der Waals surface area contributed by atoms with Crippen LogP contribution in [0.3, 0.4) is 0 Å². The van der Waals surface area contributed by atoms with Crippen molar-refractivity contribution in [3.63, 3.8) is 0 Å². The Kier molecular flexibility index (Phi) is 25.4. The molecule has 0 amide bonds. The molecule has 456 valence electrons. The van der Waals surface area contributed by atoms with Gasteiger partial charge in [-0.15, -0.1) is 11.5 Å². The zero-order valence-corrected chi connectivity index (χ0v) is 59.0. The normalized spacial score (nSPS) is 14.3. The molecule has 6 rings (SSSR count). The van der Waals surface area contributed by atoms with E-state index in [0.29, 0.717) is 71.0 Å². The summed E-state index contributed by atoms with van der Waals surface area (Å²) in [6.45, 7) is 37.3. The molecule has 0 bridgehead atoms. The Balaban J connectivity index is 0.00000792. The fraction of sp³-hybridized carbons (Fsp3) is 0.467. The molecule has 0 aliphatic rings. The first-order valence-electron chi connectivity index (χ1n) is 28.1. The minimum atomic E-state index is -4.94. The minimum absolute atomic E-state index is 0. The summed E-state index contributed by atoms with van der Waals surface area (Å²) in [6, 6.07) is 15.1. The molecule has 0 saturated carbocycles. The molecule has 0 radical (unpaired) electrons. The Bertz CT molecular complexity index is 3750. The molecule has 0 saturated heterocycles. The third-order valence-corrected chi connectivity index (χ3v) is 15.7. The molecule has 0 aliphatic carbocycles. The molecule has 4 aromatic carbocycles. The van der Waals surface area contributed by atoms with Gasteiger partial charge in [0.2, 0.25) is 33.7 Å². The van der Waals surface area contributed by atoms with Gasteiger partial charge in [0.1, 0.15) is 9.79 Å². The van der Waals surface area contributed by atoms with Crippen LogP contribution in [0.5, 0.6) is 11.5 Å². The average Bonchev–Trinajstić information content (AvgIpc) is 1.41. The zero-order valence-electron chi connectivity index (χ0n) is 53.3. The van der Waals surface area contributed by atoms with Crippen LogP contribution in [-0.4, -0.2) is 118 Å². The number of nitrogens with one attached hydrogen (secondary N) is 6. The second-order valence-corrected chi connectivity index (χ2v) is 27.4. The summed E-state index contributed by atoms with van der Waals surface area (Å²) in [5, 5.41) is 27.4. The van der Waals surface area contributed by atoms with Crippen LogP contribution in [0.4, 0.5) is 22.7 Å². The molecular weight excluding hydrogens is 1150 g/mol. The quantitative estimate of drug-likeness (QED) is 0.0344. The summed E-state index contributed by atoms with van der Waals surface area (Å²) >= 11 is 0. The molecule has 22 nitrogen and oxygen atoms in total. The molecule has 6 aromatic rings. The molecular formula is C60H84N14Na2O8S2. The van der Waals surface area contributed by atoms with Crippen molar-refractivity contribution in [2.24, 2.45) is 30.0 Å². The molecule has 2 aromatic heterocycles. The first-order valence-corrected chi connectivity index (χ1v) is 31.0. The molecule has 8 N–H and O–H groups in total. The predicted octanol–water partition coefficient (Wildman–Crippen LogP) is 1.08. The largest absolute Gasteiger partial charge is 1.00 e. The fourth-order valence-corrected chi connectivity index (χ4v) is 10.5. The number of nitrogens with zero attached hydrogens (tertiary/aromatic N) is 8. The van der Waals surface area contributed by atoms with Gasteiger partial charge in [-0.1, -0.05) is 135 Å². The SMILES string of the molecule is CCN(CC)CCN=c1[nH]c(=Nc2cc(C(C)(C)C)c([O-])c(C(C)(C)C)c2)[nH]c(=Nc2ccc(/C=C/c3ccc(N=c4[nH]c(=NCCN(CC)CC)[nH]c(=Nc5cc(C(C)(C)C)c([O-])c(C(C)(C)C)c5)[nH]4)cc3S(=O)(=O)O)c(S(=O)(=O)O)c2)[nH]1.[Na+].[Na+]. The van der Waals surface area contributed by atoms with Gasteiger partial charge in [-0.05, 0) is 130 Å². The van der Waals surface area contributed by atoms with E-state index in [2.05, 4.69) is 77.4 Å². The number of aromatic amines is 6. The van der Waals surface area contributed by atoms with E-state index in [4.69, 9.17) is 20.0 Å². The number of likely N-dealkylation sites (N-methyl/N-ethyl adjacent to an activating group) is 2. The average molecular weight is 1240 g/mol. The van der Waals surface area contributed by atoms with Gasteiger partial charge in [0.05, 0.1) is 35.8 Å². The Morgan fingerprint density at radius 2 is 0.686 bits per heavy atom.